The third kappa shape index (κ3) is 2.89. The summed E-state index contributed by atoms with van der Waals surface area (Å²) in [5.41, 5.74) is 1.47. The molecule has 0 saturated heterocycles. The van der Waals surface area contributed by atoms with Crippen LogP contribution in [0.25, 0.3) is 0 Å². The van der Waals surface area contributed by atoms with Gasteiger partial charge >= 0.3 is 0 Å². The van der Waals surface area contributed by atoms with Gasteiger partial charge in [-0.05, 0) is 40.2 Å². The maximum atomic E-state index is 9.04. The van der Waals surface area contributed by atoms with Gasteiger partial charge in [-0.25, -0.2) is 0 Å². The van der Waals surface area contributed by atoms with Crippen LogP contribution in [0.5, 0.6) is 0 Å². The molecule has 0 bridgehead atoms. The van der Waals surface area contributed by atoms with E-state index in [1.54, 1.807) is 6.26 Å². The summed E-state index contributed by atoms with van der Waals surface area (Å²) in [4.78, 5) is 0. The molecule has 1 aromatic heterocycles. The first kappa shape index (κ1) is 11.7. The summed E-state index contributed by atoms with van der Waals surface area (Å²) in [5, 5.41) is 12.3. The van der Waals surface area contributed by atoms with Crippen molar-refractivity contribution < 1.29 is 4.42 Å². The lowest BCUT2D eigenvalue weighted by atomic mass is 10.2. The van der Waals surface area contributed by atoms with Crippen LogP contribution in [0.1, 0.15) is 11.3 Å². The van der Waals surface area contributed by atoms with E-state index in [9.17, 15) is 0 Å². The highest BCUT2D eigenvalue weighted by molar-refractivity contribution is 9.10. The van der Waals surface area contributed by atoms with Gasteiger partial charge in [0.05, 0.1) is 17.5 Å². The summed E-state index contributed by atoms with van der Waals surface area (Å²) in [6.07, 6.45) is 2.46. The number of nitriles is 1. The van der Waals surface area contributed by atoms with Crippen molar-refractivity contribution in [3.05, 3.63) is 52.4 Å². The van der Waals surface area contributed by atoms with Crippen LogP contribution >= 0.6 is 15.9 Å². The maximum absolute atomic E-state index is 9.04. The van der Waals surface area contributed by atoms with Crippen LogP contribution in [0.4, 0.5) is 5.69 Å². The molecule has 0 unspecified atom stereocenters. The lowest BCUT2D eigenvalue weighted by Gasteiger charge is -2.08. The topological polar surface area (TPSA) is 49.0 Å². The van der Waals surface area contributed by atoms with E-state index in [4.69, 9.17) is 9.68 Å². The number of rotatable bonds is 4. The molecule has 0 fully saturated rings. The van der Waals surface area contributed by atoms with E-state index in [0.717, 1.165) is 28.9 Å². The van der Waals surface area contributed by atoms with Crippen LogP contribution in [0.3, 0.4) is 0 Å². The molecule has 4 heteroatoms. The van der Waals surface area contributed by atoms with E-state index in [1.807, 2.05) is 30.3 Å². The van der Waals surface area contributed by atoms with Crippen LogP contribution in [-0.2, 0) is 6.42 Å². The molecule has 0 aliphatic rings. The van der Waals surface area contributed by atoms with Gasteiger partial charge in [-0.3, -0.25) is 0 Å². The Hall–Kier alpha value is -1.73. The Morgan fingerprint density at radius 3 is 2.88 bits per heavy atom. The largest absolute Gasteiger partial charge is 0.469 e. The predicted octanol–water partition coefficient (Wildman–Crippen LogP) is 3.57. The normalized spacial score (nSPS) is 9.88. The van der Waals surface area contributed by atoms with Crippen LogP contribution < -0.4 is 5.32 Å². The Balaban J connectivity index is 2.00. The van der Waals surface area contributed by atoms with Gasteiger partial charge in [-0.15, -0.1) is 0 Å². The summed E-state index contributed by atoms with van der Waals surface area (Å²) in [5.74, 6) is 0.936. The molecule has 0 aliphatic heterocycles. The van der Waals surface area contributed by atoms with E-state index < -0.39 is 0 Å². The third-order valence-corrected chi connectivity index (χ3v) is 3.05. The summed E-state index contributed by atoms with van der Waals surface area (Å²) in [6.45, 7) is 0.735. The van der Waals surface area contributed by atoms with Crippen molar-refractivity contribution in [3.63, 3.8) is 0 Å². The Labute approximate surface area is 108 Å². The van der Waals surface area contributed by atoms with Crippen LogP contribution in [0.2, 0.25) is 0 Å². The molecule has 0 atom stereocenters. The highest BCUT2D eigenvalue weighted by Crippen LogP contribution is 2.23. The smallest absolute Gasteiger partial charge is 0.105 e. The summed E-state index contributed by atoms with van der Waals surface area (Å²) >= 11 is 3.36. The molecule has 1 heterocycles. The second kappa shape index (κ2) is 5.55. The second-order valence-corrected chi connectivity index (χ2v) is 4.38. The Bertz CT molecular complexity index is 529. The molecule has 1 N–H and O–H groups in total. The fourth-order valence-electron chi connectivity index (χ4n) is 1.56. The summed E-state index contributed by atoms with van der Waals surface area (Å²) < 4.78 is 6.05. The molecule has 0 amide bonds. The average molecular weight is 291 g/mol. The molecule has 0 aliphatic carbocycles. The Kier molecular flexibility index (Phi) is 3.84. The van der Waals surface area contributed by atoms with Gasteiger partial charge in [-0.2, -0.15) is 5.26 Å². The lowest BCUT2D eigenvalue weighted by Crippen LogP contribution is -2.05. The van der Waals surface area contributed by atoms with Gasteiger partial charge in [0, 0.05) is 17.4 Å². The molecular weight excluding hydrogens is 280 g/mol. The number of hydrogen-bond acceptors (Lipinski definition) is 3. The first-order chi connectivity index (χ1) is 8.31. The molecule has 2 aromatic rings. The molecular formula is C13H11BrN2O. The van der Waals surface area contributed by atoms with E-state index >= 15 is 0 Å². The van der Waals surface area contributed by atoms with Crippen molar-refractivity contribution in [1.82, 2.24) is 0 Å². The minimum absolute atomic E-state index is 0.631. The van der Waals surface area contributed by atoms with Gasteiger partial charge < -0.3 is 9.73 Å². The van der Waals surface area contributed by atoms with Crippen molar-refractivity contribution in [2.24, 2.45) is 0 Å². The fraction of sp³-hybridized carbons (Fsp3) is 0.154. The molecule has 17 heavy (non-hydrogen) atoms. The molecule has 1 aromatic carbocycles. The van der Waals surface area contributed by atoms with E-state index in [2.05, 4.69) is 27.3 Å². The number of halogens is 1. The average Bonchev–Trinajstić information content (AvgIpc) is 2.82. The monoisotopic (exact) mass is 290 g/mol. The van der Waals surface area contributed by atoms with Gasteiger partial charge in [-0.1, -0.05) is 6.07 Å². The van der Waals surface area contributed by atoms with Crippen LogP contribution in [-0.4, -0.2) is 6.54 Å². The van der Waals surface area contributed by atoms with Crippen molar-refractivity contribution in [2.45, 2.75) is 6.42 Å². The number of furan rings is 1. The van der Waals surface area contributed by atoms with Gasteiger partial charge in [0.1, 0.15) is 11.8 Å². The standard InChI is InChI=1S/C13H11BrN2O/c14-12-4-1-5-13(11(12)9-15)16-7-6-10-3-2-8-17-10/h1-5,8,16H,6-7H2. The number of nitrogens with one attached hydrogen (secondary N) is 1. The first-order valence-electron chi connectivity index (χ1n) is 5.26. The SMILES string of the molecule is N#Cc1c(Br)cccc1NCCc1ccco1. The number of benzene rings is 1. The van der Waals surface area contributed by atoms with Gasteiger partial charge in [0.15, 0.2) is 0 Å². The quantitative estimate of drug-likeness (QED) is 0.936. The molecule has 2 rings (SSSR count). The Morgan fingerprint density at radius 2 is 2.18 bits per heavy atom. The maximum Gasteiger partial charge on any atom is 0.105 e. The van der Waals surface area contributed by atoms with Crippen molar-refractivity contribution >= 4 is 21.6 Å². The Morgan fingerprint density at radius 1 is 1.29 bits per heavy atom. The van der Waals surface area contributed by atoms with Gasteiger partial charge in [0.25, 0.3) is 0 Å². The second-order valence-electron chi connectivity index (χ2n) is 3.53. The van der Waals surface area contributed by atoms with Crippen molar-refractivity contribution in [2.75, 3.05) is 11.9 Å². The molecule has 0 spiro atoms. The predicted molar refractivity (Wildman–Crippen MR) is 69.8 cm³/mol. The molecule has 0 saturated carbocycles. The zero-order valence-corrected chi connectivity index (χ0v) is 10.7. The molecule has 3 nitrogen and oxygen atoms in total. The van der Waals surface area contributed by atoms with Crippen LogP contribution in [0.15, 0.2) is 45.5 Å². The minimum Gasteiger partial charge on any atom is -0.469 e. The summed E-state index contributed by atoms with van der Waals surface area (Å²) in [7, 11) is 0. The highest BCUT2D eigenvalue weighted by Gasteiger charge is 2.05. The zero-order valence-electron chi connectivity index (χ0n) is 9.11. The fourth-order valence-corrected chi connectivity index (χ4v) is 2.02. The molecule has 0 radical (unpaired) electrons. The van der Waals surface area contributed by atoms with Crippen molar-refractivity contribution in [1.29, 1.82) is 5.26 Å². The third-order valence-electron chi connectivity index (χ3n) is 2.39. The minimum atomic E-state index is 0.631. The summed E-state index contributed by atoms with van der Waals surface area (Å²) in [6, 6.07) is 11.6. The van der Waals surface area contributed by atoms with E-state index in [0.29, 0.717) is 5.56 Å². The zero-order chi connectivity index (χ0) is 12.1. The van der Waals surface area contributed by atoms with Gasteiger partial charge in [0.2, 0.25) is 0 Å². The van der Waals surface area contributed by atoms with E-state index in [-0.39, 0.29) is 0 Å². The lowest BCUT2D eigenvalue weighted by molar-refractivity contribution is 0.513. The van der Waals surface area contributed by atoms with E-state index in [1.165, 1.54) is 0 Å². The number of hydrogen-bond donors (Lipinski definition) is 1. The number of anilines is 1. The van der Waals surface area contributed by atoms with Crippen molar-refractivity contribution in [3.8, 4) is 6.07 Å². The van der Waals surface area contributed by atoms with Crippen LogP contribution in [0, 0.1) is 11.3 Å². The number of nitrogens with zero attached hydrogens (tertiary/aromatic N) is 1. The first-order valence-corrected chi connectivity index (χ1v) is 6.05. The molecule has 86 valence electrons. The highest BCUT2D eigenvalue weighted by atomic mass is 79.9.